The molecule has 0 spiro atoms. The summed E-state index contributed by atoms with van der Waals surface area (Å²) in [5.41, 5.74) is 3.23. The highest BCUT2D eigenvalue weighted by Gasteiger charge is 2.25. The molecule has 0 unspecified atom stereocenters. The van der Waals surface area contributed by atoms with Crippen molar-refractivity contribution >= 4 is 0 Å². The molecule has 0 radical (unpaired) electrons. The minimum absolute atomic E-state index is 0.0326. The fourth-order valence-corrected chi connectivity index (χ4v) is 2.89. The van der Waals surface area contributed by atoms with Gasteiger partial charge < -0.3 is 19.9 Å². The third-order valence-corrected chi connectivity index (χ3v) is 3.95. The van der Waals surface area contributed by atoms with E-state index in [-0.39, 0.29) is 6.04 Å². The second kappa shape index (κ2) is 5.66. The molecular weight excluding hydrogens is 266 g/mol. The quantitative estimate of drug-likeness (QED) is 0.910. The standard InChI is InChI=1S/C17H19NO3/c1-20-15-9-11-7-8-18-17(13(11)10-16(15)21-2)12-5-3-4-6-14(12)19/h3-6,9-10,17-19H,7-8H2,1-2H3/t17-/m1/s1. The average Bonchev–Trinajstić information content (AvgIpc) is 2.53. The smallest absolute Gasteiger partial charge is 0.161 e. The summed E-state index contributed by atoms with van der Waals surface area (Å²) in [5.74, 6) is 1.76. The molecule has 0 amide bonds. The summed E-state index contributed by atoms with van der Waals surface area (Å²) in [6, 6.07) is 11.4. The Morgan fingerprint density at radius 1 is 1.05 bits per heavy atom. The first kappa shape index (κ1) is 13.8. The summed E-state index contributed by atoms with van der Waals surface area (Å²) in [4.78, 5) is 0. The van der Waals surface area contributed by atoms with E-state index >= 15 is 0 Å². The van der Waals surface area contributed by atoms with Crippen LogP contribution in [0, 0.1) is 0 Å². The van der Waals surface area contributed by atoms with Crippen molar-refractivity contribution in [3.05, 3.63) is 53.1 Å². The molecule has 3 rings (SSSR count). The van der Waals surface area contributed by atoms with Gasteiger partial charge in [0.25, 0.3) is 0 Å². The molecule has 21 heavy (non-hydrogen) atoms. The number of hydrogen-bond donors (Lipinski definition) is 2. The van der Waals surface area contributed by atoms with Crippen LogP contribution in [0.4, 0.5) is 0 Å². The van der Waals surface area contributed by atoms with E-state index < -0.39 is 0 Å². The molecule has 2 N–H and O–H groups in total. The predicted octanol–water partition coefficient (Wildman–Crippen LogP) is 2.64. The number of methoxy groups -OCH3 is 2. The summed E-state index contributed by atoms with van der Waals surface area (Å²) < 4.78 is 10.8. The van der Waals surface area contributed by atoms with Gasteiger partial charge in [-0.05, 0) is 35.7 Å². The molecule has 1 aliphatic heterocycles. The highest BCUT2D eigenvalue weighted by Crippen LogP contribution is 2.39. The van der Waals surface area contributed by atoms with E-state index in [1.54, 1.807) is 20.3 Å². The zero-order valence-corrected chi connectivity index (χ0v) is 12.2. The van der Waals surface area contributed by atoms with E-state index in [1.165, 1.54) is 5.56 Å². The summed E-state index contributed by atoms with van der Waals surface area (Å²) in [5, 5.41) is 13.6. The van der Waals surface area contributed by atoms with Gasteiger partial charge in [0.2, 0.25) is 0 Å². The number of phenols is 1. The molecule has 0 aliphatic carbocycles. The number of hydrogen-bond acceptors (Lipinski definition) is 4. The highest BCUT2D eigenvalue weighted by molar-refractivity contribution is 5.53. The number of aromatic hydroxyl groups is 1. The van der Waals surface area contributed by atoms with Gasteiger partial charge in [-0.2, -0.15) is 0 Å². The number of rotatable bonds is 3. The number of benzene rings is 2. The number of para-hydroxylation sites is 1. The number of nitrogens with one attached hydrogen (secondary N) is 1. The van der Waals surface area contributed by atoms with Crippen LogP contribution in [0.1, 0.15) is 22.7 Å². The number of fused-ring (bicyclic) bond motifs is 1. The van der Waals surface area contributed by atoms with E-state index in [0.717, 1.165) is 29.8 Å². The van der Waals surface area contributed by atoms with Gasteiger partial charge in [-0.1, -0.05) is 18.2 Å². The second-order valence-electron chi connectivity index (χ2n) is 5.10. The van der Waals surface area contributed by atoms with Crippen LogP contribution in [0.15, 0.2) is 36.4 Å². The van der Waals surface area contributed by atoms with Gasteiger partial charge in [0.15, 0.2) is 11.5 Å². The van der Waals surface area contributed by atoms with Gasteiger partial charge in [-0.3, -0.25) is 0 Å². The lowest BCUT2D eigenvalue weighted by Gasteiger charge is -2.29. The van der Waals surface area contributed by atoms with Crippen LogP contribution < -0.4 is 14.8 Å². The molecule has 4 heteroatoms. The fourth-order valence-electron chi connectivity index (χ4n) is 2.89. The lowest BCUT2D eigenvalue weighted by atomic mass is 9.89. The lowest BCUT2D eigenvalue weighted by molar-refractivity contribution is 0.352. The number of phenolic OH excluding ortho intramolecular Hbond substituents is 1. The third kappa shape index (κ3) is 2.43. The molecule has 110 valence electrons. The Bertz CT molecular complexity index is 654. The molecule has 2 aromatic carbocycles. The van der Waals surface area contributed by atoms with Crippen molar-refractivity contribution < 1.29 is 14.6 Å². The zero-order chi connectivity index (χ0) is 14.8. The zero-order valence-electron chi connectivity index (χ0n) is 12.2. The molecule has 0 fully saturated rings. The molecule has 1 heterocycles. The van der Waals surface area contributed by atoms with E-state index in [2.05, 4.69) is 5.32 Å². The van der Waals surface area contributed by atoms with Gasteiger partial charge in [0.05, 0.1) is 20.3 Å². The average molecular weight is 285 g/mol. The SMILES string of the molecule is COc1cc2c(cc1OC)[C@@H](c1ccccc1O)NCC2. The summed E-state index contributed by atoms with van der Waals surface area (Å²) >= 11 is 0. The van der Waals surface area contributed by atoms with Gasteiger partial charge in [0, 0.05) is 12.1 Å². The fraction of sp³-hybridized carbons (Fsp3) is 0.294. The summed E-state index contributed by atoms with van der Waals surface area (Å²) in [6.45, 7) is 0.863. The maximum Gasteiger partial charge on any atom is 0.161 e. The summed E-state index contributed by atoms with van der Waals surface area (Å²) in [7, 11) is 3.28. The van der Waals surface area contributed by atoms with Crippen molar-refractivity contribution in [1.82, 2.24) is 5.32 Å². The van der Waals surface area contributed by atoms with Gasteiger partial charge >= 0.3 is 0 Å². The Hall–Kier alpha value is -2.20. The molecule has 1 atom stereocenters. The van der Waals surface area contributed by atoms with Crippen molar-refractivity contribution in [2.45, 2.75) is 12.5 Å². The Balaban J connectivity index is 2.11. The van der Waals surface area contributed by atoms with Crippen molar-refractivity contribution in [2.24, 2.45) is 0 Å². The van der Waals surface area contributed by atoms with E-state index in [9.17, 15) is 5.11 Å². The first-order valence-corrected chi connectivity index (χ1v) is 7.00. The van der Waals surface area contributed by atoms with Crippen molar-refractivity contribution in [3.8, 4) is 17.2 Å². The van der Waals surface area contributed by atoms with E-state index in [4.69, 9.17) is 9.47 Å². The van der Waals surface area contributed by atoms with E-state index in [0.29, 0.717) is 11.5 Å². The molecule has 0 aromatic heterocycles. The Morgan fingerprint density at radius 3 is 2.48 bits per heavy atom. The molecular formula is C17H19NO3. The van der Waals surface area contributed by atoms with Crippen LogP contribution in [0.5, 0.6) is 17.2 Å². The second-order valence-corrected chi connectivity index (χ2v) is 5.10. The summed E-state index contributed by atoms with van der Waals surface area (Å²) in [6.07, 6.45) is 0.930. The number of ether oxygens (including phenoxy) is 2. The largest absolute Gasteiger partial charge is 0.508 e. The van der Waals surface area contributed by atoms with Crippen LogP contribution in [0.25, 0.3) is 0 Å². The van der Waals surface area contributed by atoms with Crippen LogP contribution in [-0.4, -0.2) is 25.9 Å². The molecule has 1 aliphatic rings. The van der Waals surface area contributed by atoms with Gasteiger partial charge in [0.1, 0.15) is 5.75 Å². The predicted molar refractivity (Wildman–Crippen MR) is 81.2 cm³/mol. The van der Waals surface area contributed by atoms with Gasteiger partial charge in [-0.15, -0.1) is 0 Å². The van der Waals surface area contributed by atoms with Crippen molar-refractivity contribution in [2.75, 3.05) is 20.8 Å². The monoisotopic (exact) mass is 285 g/mol. The minimum Gasteiger partial charge on any atom is -0.508 e. The molecule has 2 aromatic rings. The topological polar surface area (TPSA) is 50.7 Å². The van der Waals surface area contributed by atoms with Crippen molar-refractivity contribution in [1.29, 1.82) is 0 Å². The Kier molecular flexibility index (Phi) is 3.71. The molecule has 0 bridgehead atoms. The van der Waals surface area contributed by atoms with E-state index in [1.807, 2.05) is 30.3 Å². The highest BCUT2D eigenvalue weighted by atomic mass is 16.5. The first-order chi connectivity index (χ1) is 10.2. The van der Waals surface area contributed by atoms with Crippen LogP contribution >= 0.6 is 0 Å². The maximum absolute atomic E-state index is 10.1. The van der Waals surface area contributed by atoms with Gasteiger partial charge in [-0.25, -0.2) is 0 Å². The first-order valence-electron chi connectivity index (χ1n) is 7.00. The maximum atomic E-state index is 10.1. The molecule has 4 nitrogen and oxygen atoms in total. The third-order valence-electron chi connectivity index (χ3n) is 3.95. The Labute approximate surface area is 124 Å². The van der Waals surface area contributed by atoms with Crippen LogP contribution in [0.2, 0.25) is 0 Å². The lowest BCUT2D eigenvalue weighted by Crippen LogP contribution is -2.30. The molecule has 0 saturated carbocycles. The minimum atomic E-state index is -0.0326. The van der Waals surface area contributed by atoms with Crippen molar-refractivity contribution in [3.63, 3.8) is 0 Å². The Morgan fingerprint density at radius 2 is 1.76 bits per heavy atom. The van der Waals surface area contributed by atoms with Crippen LogP contribution in [-0.2, 0) is 6.42 Å². The normalized spacial score (nSPS) is 17.1. The van der Waals surface area contributed by atoms with Crippen LogP contribution in [0.3, 0.4) is 0 Å². The molecule has 0 saturated heterocycles.